The van der Waals surface area contributed by atoms with E-state index in [0.717, 1.165) is 17.3 Å². The molecule has 0 spiro atoms. The topological polar surface area (TPSA) is 53.2 Å². The summed E-state index contributed by atoms with van der Waals surface area (Å²) < 4.78 is 0.790. The number of rotatable bonds is 2. The van der Waals surface area contributed by atoms with Crippen molar-refractivity contribution < 1.29 is 4.79 Å². The second-order valence-electron chi connectivity index (χ2n) is 4.66. The van der Waals surface area contributed by atoms with Crippen molar-refractivity contribution >= 4 is 50.8 Å². The number of hydrazine groups is 1. The summed E-state index contributed by atoms with van der Waals surface area (Å²) in [6.45, 7) is 0. The molecule has 4 nitrogen and oxygen atoms in total. The van der Waals surface area contributed by atoms with Gasteiger partial charge in [0.25, 0.3) is 5.91 Å². The summed E-state index contributed by atoms with van der Waals surface area (Å²) in [6, 6.07) is 5.50. The second kappa shape index (κ2) is 7.24. The lowest BCUT2D eigenvalue weighted by Gasteiger charge is -2.16. The zero-order valence-electron chi connectivity index (χ0n) is 10.7. The summed E-state index contributed by atoms with van der Waals surface area (Å²) >= 11 is 14.4. The zero-order valence-corrected chi connectivity index (χ0v) is 13.9. The minimum atomic E-state index is -0.327. The monoisotopic (exact) mass is 375 g/mol. The molecule has 0 heterocycles. The predicted molar refractivity (Wildman–Crippen MR) is 87.7 cm³/mol. The molecular weight excluding hydrogens is 362 g/mol. The van der Waals surface area contributed by atoms with Gasteiger partial charge in [-0.25, -0.2) is 0 Å². The van der Waals surface area contributed by atoms with Gasteiger partial charge in [-0.2, -0.15) is 0 Å². The molecule has 1 fully saturated rings. The molecular formula is C13H15BrClN3OS. The number of halogens is 2. The highest BCUT2D eigenvalue weighted by Gasteiger charge is 2.16. The highest BCUT2D eigenvalue weighted by atomic mass is 79.9. The molecule has 0 unspecified atom stereocenters. The average Bonchev–Trinajstić information content (AvgIpc) is 2.91. The van der Waals surface area contributed by atoms with Crippen LogP contribution in [0.25, 0.3) is 0 Å². The van der Waals surface area contributed by atoms with Crippen LogP contribution in [-0.2, 0) is 0 Å². The summed E-state index contributed by atoms with van der Waals surface area (Å²) in [7, 11) is 0. The molecule has 1 aliphatic carbocycles. The van der Waals surface area contributed by atoms with Gasteiger partial charge in [-0.1, -0.05) is 40.4 Å². The number of benzene rings is 1. The van der Waals surface area contributed by atoms with Crippen molar-refractivity contribution in [3.05, 3.63) is 33.3 Å². The summed E-state index contributed by atoms with van der Waals surface area (Å²) in [5, 5.41) is 3.99. The number of carbonyl (C=O) groups excluding carboxylic acids is 1. The Hall–Kier alpha value is -0.850. The first-order valence-electron chi connectivity index (χ1n) is 6.38. The maximum atomic E-state index is 12.0. The van der Waals surface area contributed by atoms with E-state index >= 15 is 0 Å². The molecule has 20 heavy (non-hydrogen) atoms. The smallest absolute Gasteiger partial charge is 0.271 e. The molecule has 1 amide bonds. The largest absolute Gasteiger partial charge is 0.359 e. The summed E-state index contributed by atoms with van der Waals surface area (Å²) in [5.74, 6) is -0.327. The lowest BCUT2D eigenvalue weighted by atomic mass is 10.2. The van der Waals surface area contributed by atoms with Crippen molar-refractivity contribution in [1.82, 2.24) is 16.2 Å². The van der Waals surface area contributed by atoms with E-state index < -0.39 is 0 Å². The third-order valence-corrected chi connectivity index (χ3v) is 4.20. The van der Waals surface area contributed by atoms with Gasteiger partial charge in [0.05, 0.1) is 10.6 Å². The van der Waals surface area contributed by atoms with Gasteiger partial charge in [0.2, 0.25) is 0 Å². The average molecular weight is 377 g/mol. The van der Waals surface area contributed by atoms with Crippen LogP contribution in [0.1, 0.15) is 36.0 Å². The van der Waals surface area contributed by atoms with Gasteiger partial charge in [-0.3, -0.25) is 15.6 Å². The molecule has 0 saturated heterocycles. The molecule has 3 N–H and O–H groups in total. The SMILES string of the molecule is O=C(NNC(=S)NC1CCCC1)c1cc(Br)ccc1Cl. The first-order valence-corrected chi connectivity index (χ1v) is 7.96. The van der Waals surface area contributed by atoms with Gasteiger partial charge < -0.3 is 5.32 Å². The maximum Gasteiger partial charge on any atom is 0.271 e. The normalized spacial score (nSPS) is 14.9. The van der Waals surface area contributed by atoms with Gasteiger partial charge in [0, 0.05) is 10.5 Å². The van der Waals surface area contributed by atoms with E-state index in [1.54, 1.807) is 18.2 Å². The Morgan fingerprint density at radius 3 is 2.70 bits per heavy atom. The van der Waals surface area contributed by atoms with Gasteiger partial charge in [0.15, 0.2) is 5.11 Å². The van der Waals surface area contributed by atoms with Crippen molar-refractivity contribution in [2.24, 2.45) is 0 Å². The van der Waals surface area contributed by atoms with Crippen LogP contribution >= 0.6 is 39.7 Å². The first-order chi connectivity index (χ1) is 9.56. The fraction of sp³-hybridized carbons (Fsp3) is 0.385. The Kier molecular flexibility index (Phi) is 5.63. The van der Waals surface area contributed by atoms with Crippen molar-refractivity contribution in [2.75, 3.05) is 0 Å². The van der Waals surface area contributed by atoms with Crippen LogP contribution < -0.4 is 16.2 Å². The van der Waals surface area contributed by atoms with Crippen LogP contribution in [0.4, 0.5) is 0 Å². The molecule has 7 heteroatoms. The fourth-order valence-electron chi connectivity index (χ4n) is 2.14. The minimum absolute atomic E-state index is 0.327. The summed E-state index contributed by atoms with van der Waals surface area (Å²) in [6.07, 6.45) is 4.68. The van der Waals surface area contributed by atoms with Crippen LogP contribution in [0.5, 0.6) is 0 Å². The van der Waals surface area contributed by atoms with E-state index in [1.165, 1.54) is 12.8 Å². The van der Waals surface area contributed by atoms with Crippen LogP contribution in [-0.4, -0.2) is 17.1 Å². The Labute approximate surface area is 136 Å². The number of hydrogen-bond acceptors (Lipinski definition) is 2. The van der Waals surface area contributed by atoms with Crippen LogP contribution in [0.3, 0.4) is 0 Å². The highest BCUT2D eigenvalue weighted by Crippen LogP contribution is 2.20. The molecule has 0 radical (unpaired) electrons. The number of nitrogens with one attached hydrogen (secondary N) is 3. The van der Waals surface area contributed by atoms with Crippen LogP contribution in [0, 0.1) is 0 Å². The second-order valence-corrected chi connectivity index (χ2v) is 6.39. The van der Waals surface area contributed by atoms with E-state index in [9.17, 15) is 4.79 Å². The number of carbonyl (C=O) groups is 1. The van der Waals surface area contributed by atoms with Crippen molar-refractivity contribution in [1.29, 1.82) is 0 Å². The standard InChI is InChI=1S/C13H15BrClN3OS/c14-8-5-6-11(15)10(7-8)12(19)17-18-13(20)16-9-3-1-2-4-9/h5-7,9H,1-4H2,(H,17,19)(H2,16,18,20). The zero-order chi connectivity index (χ0) is 14.5. The van der Waals surface area contributed by atoms with Gasteiger partial charge in [-0.05, 0) is 43.3 Å². The van der Waals surface area contributed by atoms with E-state index in [4.69, 9.17) is 23.8 Å². The first kappa shape index (κ1) is 15.5. The molecule has 1 aliphatic rings. The molecule has 0 bridgehead atoms. The molecule has 1 saturated carbocycles. The predicted octanol–water partition coefficient (Wildman–Crippen LogP) is 3.15. The Morgan fingerprint density at radius 2 is 2.00 bits per heavy atom. The summed E-state index contributed by atoms with van der Waals surface area (Å²) in [5.41, 5.74) is 5.63. The third-order valence-electron chi connectivity index (χ3n) is 3.15. The highest BCUT2D eigenvalue weighted by molar-refractivity contribution is 9.10. The lowest BCUT2D eigenvalue weighted by molar-refractivity contribution is 0.0943. The van der Waals surface area contributed by atoms with Gasteiger partial charge in [0.1, 0.15) is 0 Å². The molecule has 0 aliphatic heterocycles. The minimum Gasteiger partial charge on any atom is -0.359 e. The Bertz CT molecular complexity index is 520. The molecule has 1 aromatic carbocycles. The molecule has 2 rings (SSSR count). The molecule has 0 atom stereocenters. The van der Waals surface area contributed by atoms with Gasteiger partial charge in [-0.15, -0.1) is 0 Å². The quantitative estimate of drug-likeness (QED) is 0.548. The van der Waals surface area contributed by atoms with Crippen LogP contribution in [0.2, 0.25) is 5.02 Å². The van der Waals surface area contributed by atoms with E-state index in [2.05, 4.69) is 32.1 Å². The number of amides is 1. The van der Waals surface area contributed by atoms with Gasteiger partial charge >= 0.3 is 0 Å². The van der Waals surface area contributed by atoms with E-state index in [0.29, 0.717) is 21.7 Å². The summed E-state index contributed by atoms with van der Waals surface area (Å²) in [4.78, 5) is 12.0. The molecule has 108 valence electrons. The van der Waals surface area contributed by atoms with Crippen molar-refractivity contribution in [3.8, 4) is 0 Å². The lowest BCUT2D eigenvalue weighted by Crippen LogP contribution is -2.49. The third kappa shape index (κ3) is 4.33. The van der Waals surface area contributed by atoms with Crippen molar-refractivity contribution in [3.63, 3.8) is 0 Å². The number of thiocarbonyl (C=S) groups is 1. The maximum absolute atomic E-state index is 12.0. The Balaban J connectivity index is 1.85. The van der Waals surface area contributed by atoms with Crippen molar-refractivity contribution in [2.45, 2.75) is 31.7 Å². The number of hydrogen-bond donors (Lipinski definition) is 3. The molecule has 0 aromatic heterocycles. The molecule has 1 aromatic rings. The van der Waals surface area contributed by atoms with Crippen LogP contribution in [0.15, 0.2) is 22.7 Å². The van der Waals surface area contributed by atoms with E-state index in [1.807, 2.05) is 0 Å². The fourth-order valence-corrected chi connectivity index (χ4v) is 2.93. The Morgan fingerprint density at radius 1 is 1.30 bits per heavy atom. The van der Waals surface area contributed by atoms with E-state index in [-0.39, 0.29) is 5.91 Å².